The molecule has 4 heteroatoms. The molecule has 4 heavy (non-hydrogen) atoms. The second-order valence-electron chi connectivity index (χ2n) is 0. The van der Waals surface area contributed by atoms with Gasteiger partial charge in [0.15, 0.2) is 0 Å². The molecule has 0 heterocycles. The van der Waals surface area contributed by atoms with E-state index >= 15 is 0 Å². The van der Waals surface area contributed by atoms with E-state index in [9.17, 15) is 0 Å². The molecule has 0 aliphatic carbocycles. The van der Waals surface area contributed by atoms with E-state index in [0.717, 1.165) is 0 Å². The second kappa shape index (κ2) is 42.0. The van der Waals surface area contributed by atoms with Gasteiger partial charge in [0.2, 0.25) is 0 Å². The van der Waals surface area contributed by atoms with Gasteiger partial charge in [-0.2, -0.15) is 0 Å². The summed E-state index contributed by atoms with van der Waals surface area (Å²) in [5.74, 6) is 0. The topological polar surface area (TPSA) is 34.1 Å². The number of rotatable bonds is 0. The Bertz CT molecular complexity index is 6.00. The van der Waals surface area contributed by atoms with Crippen molar-refractivity contribution in [1.82, 2.24) is 0 Å². The molecule has 0 aromatic heterocycles. The van der Waals surface area contributed by atoms with Gasteiger partial charge in [0.1, 0.15) is 0 Å². The van der Waals surface area contributed by atoms with E-state index in [-0.39, 0.29) is 37.1 Å². The van der Waals surface area contributed by atoms with Gasteiger partial charge in [-0.25, -0.2) is 0 Å². The molecule has 0 aliphatic rings. The summed E-state index contributed by atoms with van der Waals surface area (Å²) in [6.07, 6.45) is 0. The first kappa shape index (κ1) is 8.86. The van der Waals surface area contributed by atoms with Crippen LogP contribution in [0.5, 0.6) is 0 Å². The monoisotopic (exact) mass is 172 g/mol. The average molecular weight is 173 g/mol. The fourth-order valence-electron chi connectivity index (χ4n) is 0. The second-order valence-corrected chi connectivity index (χ2v) is 0. The van der Waals surface area contributed by atoms with Crippen molar-refractivity contribution < 1.29 is 7.08 Å². The summed E-state index contributed by atoms with van der Waals surface area (Å²) in [5.41, 5.74) is 0. The molecule has 0 amide bonds. The van der Waals surface area contributed by atoms with E-state index in [4.69, 9.17) is 7.08 Å². The van der Waals surface area contributed by atoms with E-state index in [1.807, 2.05) is 0 Å². The molecule has 20 valence electrons. The molecule has 0 rings (SSSR count). The van der Waals surface area contributed by atoms with Crippen LogP contribution in [0.2, 0.25) is 0 Å². The van der Waals surface area contributed by atoms with Crippen molar-refractivity contribution in [1.29, 1.82) is 0 Å². The third-order valence-electron chi connectivity index (χ3n) is 0. The van der Waals surface area contributed by atoms with Crippen LogP contribution < -0.4 is 0 Å². The molecule has 0 N–H and O–H groups in total. The summed E-state index contributed by atoms with van der Waals surface area (Å²) >= 11 is 0.250. The summed E-state index contributed by atoms with van der Waals surface area (Å²) in [4.78, 5) is 0. The van der Waals surface area contributed by atoms with E-state index in [1.165, 1.54) is 0 Å². The summed E-state index contributed by atoms with van der Waals surface area (Å²) in [6, 6.07) is 0. The molecular weight excluding hydrogens is 171 g/mol. The third kappa shape index (κ3) is 13.2. The van der Waals surface area contributed by atoms with Gasteiger partial charge in [0.25, 0.3) is 0 Å². The van der Waals surface area contributed by atoms with E-state index in [2.05, 4.69) is 0 Å². The van der Waals surface area contributed by atoms with Gasteiger partial charge < -0.3 is 0 Å². The zero-order valence-corrected chi connectivity index (χ0v) is 8.16. The Labute approximate surface area is 44.3 Å². The van der Waals surface area contributed by atoms with Gasteiger partial charge in [0, 0.05) is 0 Å². The average Bonchev–Trinajstić information content (AvgIpc) is 1.50. The normalized spacial score (nSPS) is 1.50. The Hall–Kier alpha value is 0.873. The van der Waals surface area contributed by atoms with E-state index in [1.54, 1.807) is 0 Å². The minimum atomic E-state index is 0.125. The van der Waals surface area contributed by atoms with Gasteiger partial charge >= 0.3 is 44.2 Å². The molecule has 0 radical (unpaired) electrons. The zero-order valence-electron chi connectivity index (χ0n) is 2.23. The fourth-order valence-corrected chi connectivity index (χ4v) is 0. The Morgan fingerprint density at radius 2 is 0.750 bits per heavy atom. The van der Waals surface area contributed by atoms with E-state index < -0.39 is 0 Å². The van der Waals surface area contributed by atoms with Crippen molar-refractivity contribution in [3.05, 3.63) is 0 Å². The Morgan fingerprint density at radius 3 is 0.750 bits per heavy atom. The predicted molar refractivity (Wildman–Crippen MR) is 15.7 cm³/mol. The number of hydrogen-bond acceptors (Lipinski definition) is 2. The SMILES string of the molecule is [O]=[GaH].[O]=[GaH]. The van der Waals surface area contributed by atoms with Crippen LogP contribution in [-0.2, 0) is 7.08 Å². The van der Waals surface area contributed by atoms with Crippen LogP contribution in [0, 0.1) is 0 Å². The number of hydrogen-bond donors (Lipinski definition) is 0. The van der Waals surface area contributed by atoms with Crippen molar-refractivity contribution in [2.45, 2.75) is 0 Å². The summed E-state index contributed by atoms with van der Waals surface area (Å²) < 4.78 is 16.8. The van der Waals surface area contributed by atoms with Crippen LogP contribution in [0.25, 0.3) is 0 Å². The fraction of sp³-hybridized carbons (Fsp3) is 0. The maximum atomic E-state index is 8.38. The first-order valence-corrected chi connectivity index (χ1v) is 3.00. The first-order valence-electron chi connectivity index (χ1n) is 0.577. The predicted octanol–water partition coefficient (Wildman–Crippen LogP) is -1.53. The Kier molecular flexibility index (Phi) is 92.9. The molecule has 0 fully saturated rings. The molecule has 0 bridgehead atoms. The zero-order chi connectivity index (χ0) is 4.00. The van der Waals surface area contributed by atoms with Crippen LogP contribution >= 0.6 is 0 Å². The van der Waals surface area contributed by atoms with Crippen LogP contribution in [0.1, 0.15) is 0 Å². The van der Waals surface area contributed by atoms with Crippen molar-refractivity contribution in [2.75, 3.05) is 0 Å². The van der Waals surface area contributed by atoms with Gasteiger partial charge in [-0.05, 0) is 0 Å². The first-order chi connectivity index (χ1) is 2.00. The molecule has 2 nitrogen and oxygen atoms in total. The van der Waals surface area contributed by atoms with Crippen molar-refractivity contribution in [2.24, 2.45) is 0 Å². The molecule has 0 unspecified atom stereocenters. The maximum absolute atomic E-state index is 8.38. The standard InChI is InChI=1S/2Ga.2O.2H. The van der Waals surface area contributed by atoms with Crippen LogP contribution in [0.4, 0.5) is 0 Å². The van der Waals surface area contributed by atoms with Gasteiger partial charge in [-0.1, -0.05) is 0 Å². The van der Waals surface area contributed by atoms with Gasteiger partial charge in [-0.3, -0.25) is 0 Å². The molecule has 0 atom stereocenters. The molecule has 0 aromatic rings. The van der Waals surface area contributed by atoms with Crippen LogP contribution in [0.3, 0.4) is 0 Å². The minimum absolute atomic E-state index is 0.125. The Morgan fingerprint density at radius 1 is 0.750 bits per heavy atom. The molecule has 0 saturated carbocycles. The van der Waals surface area contributed by atoms with Crippen LogP contribution in [-0.4, -0.2) is 37.1 Å². The summed E-state index contributed by atoms with van der Waals surface area (Å²) in [6.45, 7) is 0. The summed E-state index contributed by atoms with van der Waals surface area (Å²) in [5, 5.41) is 0. The van der Waals surface area contributed by atoms with Crippen molar-refractivity contribution in [3.8, 4) is 0 Å². The molecular formula is H2Ga2O2. The van der Waals surface area contributed by atoms with E-state index in [0.29, 0.717) is 0 Å². The van der Waals surface area contributed by atoms with Gasteiger partial charge in [-0.15, -0.1) is 0 Å². The Balaban J connectivity index is 0. The quantitative estimate of drug-likeness (QED) is 0.417. The molecule has 0 saturated heterocycles. The van der Waals surface area contributed by atoms with Crippen LogP contribution in [0.15, 0.2) is 0 Å². The van der Waals surface area contributed by atoms with Crippen molar-refractivity contribution >= 4 is 37.1 Å². The van der Waals surface area contributed by atoms with Gasteiger partial charge in [0.05, 0.1) is 0 Å². The molecule has 0 aliphatic heterocycles. The third-order valence-corrected chi connectivity index (χ3v) is 0. The van der Waals surface area contributed by atoms with Crippen molar-refractivity contribution in [3.63, 3.8) is 0 Å². The summed E-state index contributed by atoms with van der Waals surface area (Å²) in [7, 11) is 0. The molecule has 0 aromatic carbocycles. The molecule has 0 spiro atoms.